The molecular weight excluding hydrogens is 436 g/mol. The molecule has 0 saturated carbocycles. The molecule has 33 heavy (non-hydrogen) atoms. The van der Waals surface area contributed by atoms with E-state index in [2.05, 4.69) is 34.5 Å². The first-order valence-corrected chi connectivity index (χ1v) is 13.0. The van der Waals surface area contributed by atoms with Gasteiger partial charge in [-0.1, -0.05) is 60.7 Å². The highest BCUT2D eigenvalue weighted by atomic mass is 32.2. The van der Waals surface area contributed by atoms with Gasteiger partial charge in [-0.15, -0.1) is 0 Å². The second-order valence-electron chi connectivity index (χ2n) is 8.71. The van der Waals surface area contributed by atoms with E-state index in [-0.39, 0.29) is 11.9 Å². The highest BCUT2D eigenvalue weighted by Crippen LogP contribution is 2.14. The molecule has 1 amide bonds. The zero-order chi connectivity index (χ0) is 23.1. The Morgan fingerprint density at radius 2 is 1.58 bits per heavy atom. The molecule has 0 bridgehead atoms. The Kier molecular flexibility index (Phi) is 7.93. The lowest BCUT2D eigenvalue weighted by atomic mass is 10.2. The summed E-state index contributed by atoms with van der Waals surface area (Å²) in [5.41, 5.74) is 2.14. The van der Waals surface area contributed by atoms with E-state index in [1.807, 2.05) is 41.3 Å². The molecule has 176 valence electrons. The van der Waals surface area contributed by atoms with Crippen LogP contribution in [0.5, 0.6) is 0 Å². The van der Waals surface area contributed by atoms with E-state index in [1.54, 1.807) is 6.08 Å². The molecule has 2 aliphatic heterocycles. The van der Waals surface area contributed by atoms with Gasteiger partial charge in [0.05, 0.1) is 6.54 Å². The van der Waals surface area contributed by atoms with Crippen molar-refractivity contribution in [3.05, 3.63) is 77.2 Å². The molecule has 0 spiro atoms. The van der Waals surface area contributed by atoms with E-state index in [0.717, 1.165) is 31.6 Å². The minimum Gasteiger partial charge on any atom is -0.351 e. The Balaban J connectivity index is 1.18. The summed E-state index contributed by atoms with van der Waals surface area (Å²) in [6.45, 7) is 4.94. The standard InChI is InChI=1S/C25H32N4O3S/c30-25(26-24-11-13-28(20-24)19-23-9-5-2-6-10-23)21-27-14-16-29(17-15-27)33(31,32)18-12-22-7-3-1-4-8-22/h1-10,12,18,24H,11,13-17,19-21H2,(H,26,30)/b18-12+/t24-/m0/s1. The largest absolute Gasteiger partial charge is 0.351 e. The molecule has 7 nitrogen and oxygen atoms in total. The van der Waals surface area contributed by atoms with Crippen molar-refractivity contribution in [2.75, 3.05) is 45.8 Å². The lowest BCUT2D eigenvalue weighted by molar-refractivity contribution is -0.123. The molecule has 1 atom stereocenters. The summed E-state index contributed by atoms with van der Waals surface area (Å²) in [7, 11) is -3.46. The van der Waals surface area contributed by atoms with E-state index >= 15 is 0 Å². The average molecular weight is 469 g/mol. The van der Waals surface area contributed by atoms with Crippen LogP contribution in [0.2, 0.25) is 0 Å². The summed E-state index contributed by atoms with van der Waals surface area (Å²) in [6, 6.07) is 19.9. The number of nitrogens with one attached hydrogen (secondary N) is 1. The van der Waals surface area contributed by atoms with Gasteiger partial charge in [-0.2, -0.15) is 4.31 Å². The molecular formula is C25H32N4O3S. The molecule has 0 radical (unpaired) electrons. The van der Waals surface area contributed by atoms with Crippen LogP contribution in [0, 0.1) is 0 Å². The zero-order valence-corrected chi connectivity index (χ0v) is 19.7. The van der Waals surface area contributed by atoms with Gasteiger partial charge in [-0.05, 0) is 23.6 Å². The monoisotopic (exact) mass is 468 g/mol. The maximum atomic E-state index is 12.6. The van der Waals surface area contributed by atoms with Crippen molar-refractivity contribution in [1.29, 1.82) is 0 Å². The molecule has 2 aromatic rings. The maximum Gasteiger partial charge on any atom is 0.236 e. The molecule has 2 heterocycles. The van der Waals surface area contributed by atoms with Crippen LogP contribution in [0.4, 0.5) is 0 Å². The number of piperazine rings is 1. The first kappa shape index (κ1) is 23.6. The number of carbonyl (C=O) groups excluding carboxylic acids is 1. The number of carbonyl (C=O) groups is 1. The van der Waals surface area contributed by atoms with E-state index in [9.17, 15) is 13.2 Å². The lowest BCUT2D eigenvalue weighted by Crippen LogP contribution is -2.51. The molecule has 0 aliphatic carbocycles. The molecule has 8 heteroatoms. The summed E-state index contributed by atoms with van der Waals surface area (Å²) in [5, 5.41) is 4.43. The van der Waals surface area contributed by atoms with Crippen LogP contribution in [0.1, 0.15) is 17.5 Å². The van der Waals surface area contributed by atoms with Gasteiger partial charge in [-0.25, -0.2) is 8.42 Å². The summed E-state index contributed by atoms with van der Waals surface area (Å²) < 4.78 is 26.7. The first-order valence-electron chi connectivity index (χ1n) is 11.5. The van der Waals surface area contributed by atoms with E-state index in [4.69, 9.17) is 0 Å². The van der Waals surface area contributed by atoms with Crippen LogP contribution in [0.25, 0.3) is 6.08 Å². The fraction of sp³-hybridized carbons (Fsp3) is 0.400. The van der Waals surface area contributed by atoms with Gasteiger partial charge in [0, 0.05) is 57.3 Å². The van der Waals surface area contributed by atoms with Crippen molar-refractivity contribution in [2.45, 2.75) is 19.0 Å². The average Bonchev–Trinajstić information content (AvgIpc) is 3.26. The van der Waals surface area contributed by atoms with Gasteiger partial charge < -0.3 is 5.32 Å². The van der Waals surface area contributed by atoms with Crippen LogP contribution in [0.15, 0.2) is 66.1 Å². The zero-order valence-electron chi connectivity index (χ0n) is 18.8. The number of amides is 1. The topological polar surface area (TPSA) is 73.0 Å². The highest BCUT2D eigenvalue weighted by molar-refractivity contribution is 7.92. The van der Waals surface area contributed by atoms with Gasteiger partial charge in [-0.3, -0.25) is 14.6 Å². The van der Waals surface area contributed by atoms with Gasteiger partial charge >= 0.3 is 0 Å². The number of rotatable bonds is 8. The van der Waals surface area contributed by atoms with E-state index in [0.29, 0.717) is 32.7 Å². The van der Waals surface area contributed by atoms with E-state index < -0.39 is 10.0 Å². The highest BCUT2D eigenvalue weighted by Gasteiger charge is 2.28. The number of hydrogen-bond donors (Lipinski definition) is 1. The summed E-state index contributed by atoms with van der Waals surface area (Å²) in [6.07, 6.45) is 2.58. The molecule has 2 aliphatic rings. The van der Waals surface area contributed by atoms with Gasteiger partial charge in [0.2, 0.25) is 15.9 Å². The Hall–Kier alpha value is -2.52. The quantitative estimate of drug-likeness (QED) is 0.642. The Morgan fingerprint density at radius 1 is 0.909 bits per heavy atom. The minimum absolute atomic E-state index is 0.0156. The second-order valence-corrected chi connectivity index (χ2v) is 10.5. The van der Waals surface area contributed by atoms with Crippen LogP contribution in [-0.2, 0) is 21.4 Å². The fourth-order valence-electron chi connectivity index (χ4n) is 4.37. The molecule has 2 saturated heterocycles. The Morgan fingerprint density at radius 3 is 2.27 bits per heavy atom. The Labute approximate surface area is 196 Å². The molecule has 2 aromatic carbocycles. The fourth-order valence-corrected chi connectivity index (χ4v) is 5.54. The molecule has 4 rings (SSSR count). The molecule has 0 aromatic heterocycles. The first-order chi connectivity index (χ1) is 16.0. The van der Waals surface area contributed by atoms with Crippen LogP contribution >= 0.6 is 0 Å². The predicted molar refractivity (Wildman–Crippen MR) is 131 cm³/mol. The smallest absolute Gasteiger partial charge is 0.236 e. The van der Waals surface area contributed by atoms with Crippen molar-refractivity contribution < 1.29 is 13.2 Å². The SMILES string of the molecule is O=C(CN1CCN(S(=O)(=O)/C=C/c2ccccc2)CC1)N[C@H]1CCN(Cc2ccccc2)C1. The number of sulfonamides is 1. The number of likely N-dealkylation sites (tertiary alicyclic amines) is 1. The van der Waals surface area contributed by atoms with Crippen molar-refractivity contribution in [2.24, 2.45) is 0 Å². The van der Waals surface area contributed by atoms with Crippen LogP contribution < -0.4 is 5.32 Å². The van der Waals surface area contributed by atoms with Crippen molar-refractivity contribution >= 4 is 22.0 Å². The lowest BCUT2D eigenvalue weighted by Gasteiger charge is -2.33. The third-order valence-corrected chi connectivity index (χ3v) is 7.74. The number of nitrogens with zero attached hydrogens (tertiary/aromatic N) is 3. The van der Waals surface area contributed by atoms with Gasteiger partial charge in [0.1, 0.15) is 0 Å². The molecule has 1 N–H and O–H groups in total. The maximum absolute atomic E-state index is 12.6. The third-order valence-electron chi connectivity index (χ3n) is 6.18. The second kappa shape index (κ2) is 11.1. The van der Waals surface area contributed by atoms with Crippen LogP contribution in [0.3, 0.4) is 0 Å². The third kappa shape index (κ3) is 6.98. The van der Waals surface area contributed by atoms with Crippen LogP contribution in [-0.4, -0.2) is 80.3 Å². The molecule has 2 fully saturated rings. The van der Waals surface area contributed by atoms with Gasteiger partial charge in [0.25, 0.3) is 0 Å². The summed E-state index contributed by atoms with van der Waals surface area (Å²) in [5.74, 6) is 0.0156. The minimum atomic E-state index is -3.46. The number of hydrogen-bond acceptors (Lipinski definition) is 5. The van der Waals surface area contributed by atoms with Crippen molar-refractivity contribution in [1.82, 2.24) is 19.4 Å². The summed E-state index contributed by atoms with van der Waals surface area (Å²) >= 11 is 0. The predicted octanol–water partition coefficient (Wildman–Crippen LogP) is 2.00. The molecule has 0 unspecified atom stereocenters. The van der Waals surface area contributed by atoms with Crippen molar-refractivity contribution in [3.63, 3.8) is 0 Å². The van der Waals surface area contributed by atoms with Gasteiger partial charge in [0.15, 0.2) is 0 Å². The van der Waals surface area contributed by atoms with E-state index in [1.165, 1.54) is 15.3 Å². The summed E-state index contributed by atoms with van der Waals surface area (Å²) in [4.78, 5) is 17.0. The normalized spacial score (nSPS) is 20.9. The number of benzene rings is 2. The van der Waals surface area contributed by atoms with Crippen molar-refractivity contribution in [3.8, 4) is 0 Å². The Bertz CT molecular complexity index is 1040.